The molecule has 1 fully saturated rings. The molecule has 0 aromatic heterocycles. The Kier molecular flexibility index (Phi) is 7.60. The molecule has 8 nitrogen and oxygen atoms in total. The van der Waals surface area contributed by atoms with Crippen LogP contribution in [-0.2, 0) is 19.1 Å². The molecule has 186 valence electrons. The van der Waals surface area contributed by atoms with Crippen LogP contribution in [0.3, 0.4) is 0 Å². The number of alkyl halides is 2. The molecule has 35 heavy (non-hydrogen) atoms. The van der Waals surface area contributed by atoms with Crippen LogP contribution >= 0.6 is 0 Å². The summed E-state index contributed by atoms with van der Waals surface area (Å²) in [6, 6.07) is 13.8. The monoisotopic (exact) mass is 488 g/mol. The van der Waals surface area contributed by atoms with Gasteiger partial charge in [-0.15, -0.1) is 0 Å². The molecule has 4 rings (SSSR count). The topological polar surface area (TPSA) is 105 Å². The van der Waals surface area contributed by atoms with E-state index < -0.39 is 43.0 Å². The van der Waals surface area contributed by atoms with Crippen molar-refractivity contribution >= 4 is 18.0 Å². The molecule has 10 heteroatoms. The van der Waals surface area contributed by atoms with E-state index in [-0.39, 0.29) is 38.6 Å². The summed E-state index contributed by atoms with van der Waals surface area (Å²) in [7, 11) is 0. The molecule has 2 amide bonds. The van der Waals surface area contributed by atoms with Gasteiger partial charge in [0.2, 0.25) is 5.91 Å². The molecule has 1 saturated heterocycles. The number of carboxylic acid groups (broad SMARTS) is 1. The number of carbonyl (C=O) groups excluding carboxylic acids is 2. The molecule has 2 atom stereocenters. The summed E-state index contributed by atoms with van der Waals surface area (Å²) in [5, 5.41) is 11.0. The lowest BCUT2D eigenvalue weighted by Gasteiger charge is -2.33. The molecule has 1 aliphatic heterocycles. The van der Waals surface area contributed by atoms with Crippen LogP contribution in [0, 0.1) is 0 Å². The number of nitrogens with zero attached hydrogens (tertiary/aromatic N) is 1. The van der Waals surface area contributed by atoms with Crippen LogP contribution in [0.25, 0.3) is 11.1 Å². The summed E-state index contributed by atoms with van der Waals surface area (Å²) in [4.78, 5) is 37.1. The number of benzene rings is 2. The van der Waals surface area contributed by atoms with Crippen molar-refractivity contribution in [2.24, 2.45) is 0 Å². The number of ether oxygens (including phenoxy) is 2. The summed E-state index contributed by atoms with van der Waals surface area (Å²) in [6.07, 6.45) is -5.65. The van der Waals surface area contributed by atoms with Crippen LogP contribution in [0.15, 0.2) is 48.5 Å². The van der Waals surface area contributed by atoms with Crippen molar-refractivity contribution in [1.29, 1.82) is 0 Å². The van der Waals surface area contributed by atoms with Crippen LogP contribution in [0.2, 0.25) is 0 Å². The summed E-state index contributed by atoms with van der Waals surface area (Å²) >= 11 is 0. The Balaban J connectivity index is 1.34. The van der Waals surface area contributed by atoms with E-state index in [4.69, 9.17) is 14.6 Å². The Morgan fingerprint density at radius 1 is 1.09 bits per heavy atom. The van der Waals surface area contributed by atoms with Gasteiger partial charge in [0.15, 0.2) is 0 Å². The van der Waals surface area contributed by atoms with Crippen molar-refractivity contribution < 1.29 is 37.7 Å². The second-order valence-corrected chi connectivity index (χ2v) is 8.55. The van der Waals surface area contributed by atoms with Crippen LogP contribution < -0.4 is 5.32 Å². The van der Waals surface area contributed by atoms with Crippen molar-refractivity contribution in [2.75, 3.05) is 26.3 Å². The van der Waals surface area contributed by atoms with Gasteiger partial charge in [-0.05, 0) is 22.3 Å². The van der Waals surface area contributed by atoms with Crippen molar-refractivity contribution in [2.45, 2.75) is 37.3 Å². The SMILES string of the molecule is O=C(O)CC1CN(C(=O)CC(NC(=O)OCC2c3ccccc3-c3ccccc32)C(F)F)CCO1. The quantitative estimate of drug-likeness (QED) is 0.591. The van der Waals surface area contributed by atoms with Crippen molar-refractivity contribution in [1.82, 2.24) is 10.2 Å². The molecule has 0 bridgehead atoms. The van der Waals surface area contributed by atoms with E-state index in [9.17, 15) is 23.2 Å². The maximum atomic E-state index is 13.6. The number of carbonyl (C=O) groups is 3. The number of hydrogen-bond acceptors (Lipinski definition) is 5. The molecule has 1 aliphatic carbocycles. The van der Waals surface area contributed by atoms with Gasteiger partial charge in [0.25, 0.3) is 6.43 Å². The molecule has 2 aliphatic rings. The maximum absolute atomic E-state index is 13.6. The number of hydrogen-bond donors (Lipinski definition) is 2. The number of amides is 2. The van der Waals surface area contributed by atoms with Gasteiger partial charge in [-0.1, -0.05) is 48.5 Å². The minimum atomic E-state index is -2.99. The fourth-order valence-electron chi connectivity index (χ4n) is 4.58. The van der Waals surface area contributed by atoms with Gasteiger partial charge in [0.1, 0.15) is 12.6 Å². The van der Waals surface area contributed by atoms with Gasteiger partial charge in [0.05, 0.1) is 25.6 Å². The smallest absolute Gasteiger partial charge is 0.407 e. The number of morpholine rings is 1. The second-order valence-electron chi connectivity index (χ2n) is 8.55. The maximum Gasteiger partial charge on any atom is 0.407 e. The highest BCUT2D eigenvalue weighted by Gasteiger charge is 2.33. The van der Waals surface area contributed by atoms with Crippen molar-refractivity contribution in [3.05, 3.63) is 59.7 Å². The summed E-state index contributed by atoms with van der Waals surface area (Å²) in [6.45, 7) is 0.231. The van der Waals surface area contributed by atoms with Gasteiger partial charge in [-0.3, -0.25) is 9.59 Å². The molecular formula is C25H26F2N2O6. The summed E-state index contributed by atoms with van der Waals surface area (Å²) < 4.78 is 37.9. The molecule has 0 saturated carbocycles. The number of nitrogens with one attached hydrogen (secondary N) is 1. The average molecular weight is 488 g/mol. The number of rotatable bonds is 8. The van der Waals surface area contributed by atoms with Gasteiger partial charge in [-0.25, -0.2) is 13.6 Å². The fourth-order valence-corrected chi connectivity index (χ4v) is 4.58. The lowest BCUT2D eigenvalue weighted by atomic mass is 9.98. The molecule has 2 unspecified atom stereocenters. The zero-order valence-corrected chi connectivity index (χ0v) is 18.9. The minimum absolute atomic E-state index is 0.00790. The van der Waals surface area contributed by atoms with E-state index in [1.165, 1.54) is 4.90 Å². The first-order valence-electron chi connectivity index (χ1n) is 11.3. The lowest BCUT2D eigenvalue weighted by Crippen LogP contribution is -2.49. The van der Waals surface area contributed by atoms with Gasteiger partial charge in [-0.2, -0.15) is 0 Å². The fraction of sp³-hybridized carbons (Fsp3) is 0.400. The number of aliphatic carboxylic acids is 1. The first kappa shape index (κ1) is 24.6. The Bertz CT molecular complexity index is 1050. The van der Waals surface area contributed by atoms with E-state index in [1.54, 1.807) is 0 Å². The van der Waals surface area contributed by atoms with E-state index in [0.29, 0.717) is 0 Å². The largest absolute Gasteiger partial charge is 0.481 e. The number of halogens is 2. The normalized spacial score (nSPS) is 18.0. The molecule has 2 N–H and O–H groups in total. The summed E-state index contributed by atoms with van der Waals surface area (Å²) in [5.74, 6) is -1.92. The van der Waals surface area contributed by atoms with E-state index in [1.807, 2.05) is 48.5 Å². The highest BCUT2D eigenvalue weighted by Crippen LogP contribution is 2.44. The van der Waals surface area contributed by atoms with Crippen LogP contribution in [0.4, 0.5) is 13.6 Å². The van der Waals surface area contributed by atoms with Crippen LogP contribution in [0.1, 0.15) is 29.9 Å². The van der Waals surface area contributed by atoms with Crippen LogP contribution in [-0.4, -0.2) is 72.9 Å². The zero-order valence-electron chi connectivity index (χ0n) is 18.9. The molecule has 1 heterocycles. The third kappa shape index (κ3) is 5.76. The van der Waals surface area contributed by atoms with E-state index in [0.717, 1.165) is 22.3 Å². The lowest BCUT2D eigenvalue weighted by molar-refractivity contribution is -0.148. The first-order valence-corrected chi connectivity index (χ1v) is 11.3. The van der Waals surface area contributed by atoms with Gasteiger partial charge < -0.3 is 24.8 Å². The predicted octanol–water partition coefficient (Wildman–Crippen LogP) is 3.25. The van der Waals surface area contributed by atoms with E-state index >= 15 is 0 Å². The molecule has 0 spiro atoms. The first-order chi connectivity index (χ1) is 16.8. The Morgan fingerprint density at radius 2 is 1.71 bits per heavy atom. The summed E-state index contributed by atoms with van der Waals surface area (Å²) in [5.41, 5.74) is 4.07. The Hall–Kier alpha value is -3.53. The standard InChI is InChI=1S/C25H26F2N2O6/c26-24(27)21(12-22(30)29-9-10-34-15(13-29)11-23(31)32)28-25(33)35-14-20-18-7-3-1-5-16(18)17-6-2-4-8-19(17)20/h1-8,15,20-21,24H,9-14H2,(H,28,33)(H,31,32). The van der Waals surface area contributed by atoms with Crippen molar-refractivity contribution in [3.63, 3.8) is 0 Å². The molecule has 2 aromatic rings. The highest BCUT2D eigenvalue weighted by atomic mass is 19.3. The number of alkyl carbamates (subject to hydrolysis) is 1. The predicted molar refractivity (Wildman–Crippen MR) is 121 cm³/mol. The third-order valence-electron chi connectivity index (χ3n) is 6.24. The highest BCUT2D eigenvalue weighted by molar-refractivity contribution is 5.80. The Morgan fingerprint density at radius 3 is 2.31 bits per heavy atom. The minimum Gasteiger partial charge on any atom is -0.481 e. The van der Waals surface area contributed by atoms with Gasteiger partial charge in [0, 0.05) is 19.0 Å². The second kappa shape index (κ2) is 10.8. The molecular weight excluding hydrogens is 462 g/mol. The third-order valence-corrected chi connectivity index (χ3v) is 6.24. The number of carboxylic acids is 1. The van der Waals surface area contributed by atoms with Gasteiger partial charge >= 0.3 is 12.1 Å². The Labute approximate surface area is 200 Å². The van der Waals surface area contributed by atoms with Crippen LogP contribution in [0.5, 0.6) is 0 Å². The average Bonchev–Trinajstić information content (AvgIpc) is 3.15. The zero-order chi connectivity index (χ0) is 24.9. The molecule has 0 radical (unpaired) electrons. The van der Waals surface area contributed by atoms with Crippen molar-refractivity contribution in [3.8, 4) is 11.1 Å². The van der Waals surface area contributed by atoms with E-state index in [2.05, 4.69) is 5.32 Å². The number of fused-ring (bicyclic) bond motifs is 3. The molecule has 2 aromatic carbocycles.